The van der Waals surface area contributed by atoms with Crippen LogP contribution in [0.3, 0.4) is 0 Å². The van der Waals surface area contributed by atoms with Gasteiger partial charge in [-0.25, -0.2) is 0 Å². The molecule has 1 aromatic heterocycles. The average Bonchev–Trinajstić information content (AvgIpc) is 2.87. The number of ether oxygens (including phenoxy) is 1. The maximum atomic E-state index is 13.4. The van der Waals surface area contributed by atoms with Crippen molar-refractivity contribution in [3.63, 3.8) is 0 Å². The van der Waals surface area contributed by atoms with Gasteiger partial charge in [0.25, 0.3) is 0 Å². The number of rotatable bonds is 6. The molecule has 4 nitrogen and oxygen atoms in total. The number of pyridine rings is 1. The van der Waals surface area contributed by atoms with Gasteiger partial charge in [0.2, 0.25) is 0 Å². The molecule has 0 N–H and O–H groups in total. The van der Waals surface area contributed by atoms with Gasteiger partial charge in [-0.1, -0.05) is 54.6 Å². The van der Waals surface area contributed by atoms with Crippen LogP contribution in [0, 0.1) is 17.3 Å². The van der Waals surface area contributed by atoms with Crippen LogP contribution in [-0.4, -0.2) is 34.6 Å². The molecule has 0 radical (unpaired) electrons. The van der Waals surface area contributed by atoms with Gasteiger partial charge in [0.1, 0.15) is 12.6 Å². The minimum absolute atomic E-state index is 0.149. The molecule has 0 saturated carbocycles. The van der Waals surface area contributed by atoms with Crippen molar-refractivity contribution in [1.29, 1.82) is 0 Å². The Bertz CT molecular complexity index is 1210. The summed E-state index contributed by atoms with van der Waals surface area (Å²) < 4.78 is 7.45. The highest BCUT2D eigenvalue weighted by Crippen LogP contribution is 2.49. The lowest BCUT2D eigenvalue weighted by atomic mass is 9.71. The van der Waals surface area contributed by atoms with Crippen LogP contribution in [0.25, 0.3) is 10.9 Å². The summed E-state index contributed by atoms with van der Waals surface area (Å²) in [5.74, 6) is 0.929. The highest BCUT2D eigenvalue weighted by molar-refractivity contribution is 5.83. The summed E-state index contributed by atoms with van der Waals surface area (Å²) in [6, 6.07) is 21.2. The van der Waals surface area contributed by atoms with Crippen molar-refractivity contribution in [3.05, 3.63) is 90.6 Å². The molecule has 3 saturated heterocycles. The van der Waals surface area contributed by atoms with E-state index in [4.69, 9.17) is 4.74 Å². The van der Waals surface area contributed by atoms with E-state index in [1.54, 1.807) is 0 Å². The lowest BCUT2D eigenvalue weighted by Crippen LogP contribution is -2.67. The SMILES string of the molecule is C=CC1C[N+]2(Cc3ccccc3)CCC1C[C@@H]2[C@@H](OC(=O)C(C)(C)C)c1ccnc2ccccc12. The maximum Gasteiger partial charge on any atom is 0.312 e. The largest absolute Gasteiger partial charge is 0.451 e. The van der Waals surface area contributed by atoms with E-state index in [0.29, 0.717) is 11.8 Å². The molecule has 0 amide bonds. The lowest BCUT2D eigenvalue weighted by molar-refractivity contribution is -0.984. The third kappa shape index (κ3) is 4.52. The van der Waals surface area contributed by atoms with E-state index in [9.17, 15) is 4.79 Å². The van der Waals surface area contributed by atoms with Gasteiger partial charge in [-0.2, -0.15) is 0 Å². The van der Waals surface area contributed by atoms with E-state index < -0.39 is 5.41 Å². The summed E-state index contributed by atoms with van der Waals surface area (Å²) in [7, 11) is 0. The van der Waals surface area contributed by atoms with Crippen molar-refractivity contribution in [2.24, 2.45) is 17.3 Å². The molecule has 0 spiro atoms. The van der Waals surface area contributed by atoms with Crippen LogP contribution in [-0.2, 0) is 16.1 Å². The number of nitrogens with zero attached hydrogens (tertiary/aromatic N) is 2. The second-order valence-corrected chi connectivity index (χ2v) is 11.5. The van der Waals surface area contributed by atoms with Crippen LogP contribution >= 0.6 is 0 Å². The number of benzene rings is 2. The molecule has 0 aliphatic carbocycles. The van der Waals surface area contributed by atoms with Crippen LogP contribution < -0.4 is 0 Å². The van der Waals surface area contributed by atoms with Gasteiger partial charge in [0.15, 0.2) is 6.10 Å². The highest BCUT2D eigenvalue weighted by atomic mass is 16.5. The topological polar surface area (TPSA) is 39.2 Å². The number of esters is 1. The predicted molar refractivity (Wildman–Crippen MR) is 140 cm³/mol. The molecule has 5 atom stereocenters. The zero-order chi connectivity index (χ0) is 24.6. The van der Waals surface area contributed by atoms with Crippen LogP contribution in [0.5, 0.6) is 0 Å². The first-order valence-corrected chi connectivity index (χ1v) is 12.9. The van der Waals surface area contributed by atoms with Crippen molar-refractivity contribution in [1.82, 2.24) is 4.98 Å². The molecular formula is C31H37N2O2+. The van der Waals surface area contributed by atoms with Crippen molar-refractivity contribution in [2.45, 2.75) is 52.3 Å². The van der Waals surface area contributed by atoms with Crippen molar-refractivity contribution in [2.75, 3.05) is 13.1 Å². The third-order valence-corrected chi connectivity index (χ3v) is 8.20. The monoisotopic (exact) mass is 469 g/mol. The average molecular weight is 470 g/mol. The van der Waals surface area contributed by atoms with Gasteiger partial charge in [-0.15, -0.1) is 6.58 Å². The number of aromatic nitrogens is 1. The number of carbonyl (C=O) groups is 1. The Morgan fingerprint density at radius 3 is 2.63 bits per heavy atom. The molecule has 4 heterocycles. The number of fused-ring (bicyclic) bond motifs is 4. The molecule has 2 aromatic carbocycles. The second-order valence-electron chi connectivity index (χ2n) is 11.5. The third-order valence-electron chi connectivity index (χ3n) is 8.20. The summed E-state index contributed by atoms with van der Waals surface area (Å²) in [4.78, 5) is 18.0. The number of hydrogen-bond acceptors (Lipinski definition) is 3. The molecule has 3 fully saturated rings. The van der Waals surface area contributed by atoms with Gasteiger partial charge in [0, 0.05) is 41.5 Å². The maximum absolute atomic E-state index is 13.4. The predicted octanol–water partition coefficient (Wildman–Crippen LogP) is 6.48. The number of carbonyl (C=O) groups excluding carboxylic acids is 1. The number of para-hydroxylation sites is 1. The number of quaternary nitrogens is 1. The van der Waals surface area contributed by atoms with E-state index in [2.05, 4.69) is 60.1 Å². The smallest absolute Gasteiger partial charge is 0.312 e. The fourth-order valence-corrected chi connectivity index (χ4v) is 6.32. The van der Waals surface area contributed by atoms with Crippen molar-refractivity contribution < 1.29 is 14.0 Å². The Balaban J connectivity index is 1.63. The van der Waals surface area contributed by atoms with E-state index in [-0.39, 0.29) is 18.1 Å². The van der Waals surface area contributed by atoms with Crippen LogP contribution in [0.15, 0.2) is 79.5 Å². The number of hydrogen-bond donors (Lipinski definition) is 0. The molecule has 35 heavy (non-hydrogen) atoms. The standard InChI is InChI=1S/C31H37N2O2/c1-5-23-21-33(20-22-11-7-6-8-12-22)18-16-24(23)19-28(33)29(35-30(34)31(2,3)4)26-15-17-32-27-14-10-9-13-25(26)27/h5-15,17,23-24,28-29H,1,16,18-21H2,2-4H3/q+1/t23?,24?,28-,29+,33?/m1/s1. The quantitative estimate of drug-likeness (QED) is 0.236. The highest BCUT2D eigenvalue weighted by Gasteiger charge is 2.55. The minimum Gasteiger partial charge on any atom is -0.451 e. The zero-order valence-electron chi connectivity index (χ0n) is 21.2. The fraction of sp³-hybridized carbons (Fsp3) is 0.419. The van der Waals surface area contributed by atoms with Crippen molar-refractivity contribution >= 4 is 16.9 Å². The first-order valence-electron chi connectivity index (χ1n) is 12.9. The molecule has 3 aliphatic heterocycles. The molecule has 2 bridgehead atoms. The zero-order valence-corrected chi connectivity index (χ0v) is 21.2. The van der Waals surface area contributed by atoms with E-state index >= 15 is 0 Å². The van der Waals surface area contributed by atoms with E-state index in [1.165, 1.54) is 12.0 Å². The normalized spacial score (nSPS) is 26.9. The molecule has 3 aromatic rings. The first-order chi connectivity index (χ1) is 16.8. The Labute approximate surface area is 209 Å². The van der Waals surface area contributed by atoms with Crippen molar-refractivity contribution in [3.8, 4) is 0 Å². The van der Waals surface area contributed by atoms with E-state index in [0.717, 1.165) is 47.0 Å². The lowest BCUT2D eigenvalue weighted by Gasteiger charge is -2.58. The Morgan fingerprint density at radius 2 is 1.89 bits per heavy atom. The number of piperidine rings is 3. The molecule has 6 rings (SSSR count). The van der Waals surface area contributed by atoms with Crippen LogP contribution in [0.4, 0.5) is 0 Å². The Hall–Kier alpha value is -2.98. The summed E-state index contributed by atoms with van der Waals surface area (Å²) in [5, 5.41) is 1.07. The molecule has 182 valence electrons. The van der Waals surface area contributed by atoms with Gasteiger partial charge in [-0.05, 0) is 38.8 Å². The summed E-state index contributed by atoms with van der Waals surface area (Å²) >= 11 is 0. The molecule has 3 aliphatic rings. The Morgan fingerprint density at radius 1 is 1.14 bits per heavy atom. The summed E-state index contributed by atoms with van der Waals surface area (Å²) in [6.07, 6.45) is 5.92. The minimum atomic E-state index is -0.571. The van der Waals surface area contributed by atoms with Crippen LogP contribution in [0.2, 0.25) is 0 Å². The van der Waals surface area contributed by atoms with Gasteiger partial charge >= 0.3 is 5.97 Å². The van der Waals surface area contributed by atoms with Gasteiger partial charge < -0.3 is 9.22 Å². The first kappa shape index (κ1) is 23.7. The van der Waals surface area contributed by atoms with Gasteiger partial charge in [-0.3, -0.25) is 9.78 Å². The molecule has 3 unspecified atom stereocenters. The van der Waals surface area contributed by atoms with Crippen LogP contribution in [0.1, 0.15) is 50.8 Å². The second kappa shape index (κ2) is 9.23. The molecular weight excluding hydrogens is 432 g/mol. The fourth-order valence-electron chi connectivity index (χ4n) is 6.32. The molecule has 4 heteroatoms. The van der Waals surface area contributed by atoms with E-state index in [1.807, 2.05) is 45.2 Å². The summed E-state index contributed by atoms with van der Waals surface area (Å²) in [6.45, 7) is 13.1. The van der Waals surface area contributed by atoms with Gasteiger partial charge in [0.05, 0.1) is 24.0 Å². The summed E-state index contributed by atoms with van der Waals surface area (Å²) in [5.41, 5.74) is 2.78. The Kier molecular flexibility index (Phi) is 6.27.